The second kappa shape index (κ2) is 6.83. The summed E-state index contributed by atoms with van der Waals surface area (Å²) in [7, 11) is 0. The first-order chi connectivity index (χ1) is 11.4. The first kappa shape index (κ1) is 16.8. The minimum Gasteiger partial charge on any atom is -0.456 e. The molecule has 2 aliphatic rings. The van der Waals surface area contributed by atoms with Crippen LogP contribution < -0.4 is 5.32 Å². The van der Waals surface area contributed by atoms with Crippen LogP contribution in [-0.2, 0) is 14.3 Å². The van der Waals surface area contributed by atoms with Crippen molar-refractivity contribution in [3.63, 3.8) is 0 Å². The van der Waals surface area contributed by atoms with Gasteiger partial charge >= 0.3 is 5.97 Å². The van der Waals surface area contributed by atoms with Crippen LogP contribution in [-0.4, -0.2) is 18.5 Å². The van der Waals surface area contributed by atoms with Gasteiger partial charge in [-0.2, -0.15) is 0 Å². The van der Waals surface area contributed by atoms with E-state index in [1.54, 1.807) is 0 Å². The van der Waals surface area contributed by atoms with Crippen LogP contribution in [0.1, 0.15) is 32.1 Å². The molecule has 1 N–H and O–H groups in total. The van der Waals surface area contributed by atoms with Gasteiger partial charge in [0.15, 0.2) is 24.1 Å². The molecule has 2 saturated carbocycles. The zero-order valence-corrected chi connectivity index (χ0v) is 13.0. The second-order valence-electron chi connectivity index (χ2n) is 6.57. The van der Waals surface area contributed by atoms with E-state index >= 15 is 0 Å². The van der Waals surface area contributed by atoms with Gasteiger partial charge in [-0.3, -0.25) is 9.59 Å². The summed E-state index contributed by atoms with van der Waals surface area (Å²) >= 11 is 0. The molecule has 0 saturated heterocycles. The van der Waals surface area contributed by atoms with Gasteiger partial charge in [-0.15, -0.1) is 0 Å². The van der Waals surface area contributed by atoms with Gasteiger partial charge in [-0.1, -0.05) is 6.42 Å². The Balaban J connectivity index is 1.45. The fourth-order valence-corrected chi connectivity index (χ4v) is 3.85. The number of fused-ring (bicyclic) bond motifs is 2. The molecule has 1 aromatic rings. The fourth-order valence-electron chi connectivity index (χ4n) is 3.85. The topological polar surface area (TPSA) is 55.4 Å². The third kappa shape index (κ3) is 3.55. The number of esters is 1. The average molecular weight is 341 g/mol. The second-order valence-corrected chi connectivity index (χ2v) is 6.57. The van der Waals surface area contributed by atoms with E-state index in [0.29, 0.717) is 23.8 Å². The molecule has 0 aromatic heterocycles. The molecule has 1 amide bonds. The summed E-state index contributed by atoms with van der Waals surface area (Å²) in [4.78, 5) is 23.5. The minimum absolute atomic E-state index is 0.286. The normalized spacial score (nSPS) is 24.9. The molecular formula is C17H18F3NO3. The highest BCUT2D eigenvalue weighted by molar-refractivity contribution is 5.92. The van der Waals surface area contributed by atoms with Crippen molar-refractivity contribution in [1.82, 2.24) is 0 Å². The van der Waals surface area contributed by atoms with E-state index in [4.69, 9.17) is 4.74 Å². The van der Waals surface area contributed by atoms with Crippen molar-refractivity contribution in [1.29, 1.82) is 0 Å². The number of anilines is 1. The number of hydrogen-bond acceptors (Lipinski definition) is 3. The zero-order valence-electron chi connectivity index (χ0n) is 13.0. The van der Waals surface area contributed by atoms with Crippen LogP contribution in [0.2, 0.25) is 0 Å². The molecule has 0 spiro atoms. The predicted molar refractivity (Wildman–Crippen MR) is 79.5 cm³/mol. The number of halogens is 3. The smallest absolute Gasteiger partial charge is 0.306 e. The number of hydrogen-bond donors (Lipinski definition) is 1. The summed E-state index contributed by atoms with van der Waals surface area (Å²) in [6, 6.07) is 1.61. The lowest BCUT2D eigenvalue weighted by atomic mass is 9.86. The SMILES string of the molecule is O=C(COC(=O)CC1CC2CCC1C2)Nc1ccc(F)c(F)c1F. The van der Waals surface area contributed by atoms with Crippen molar-refractivity contribution < 1.29 is 27.5 Å². The standard InChI is InChI=1S/C17H18F3NO3/c18-12-3-4-13(17(20)16(12)19)21-14(22)8-24-15(23)7-11-6-9-1-2-10(11)5-9/h3-4,9-11H,1-2,5-8H2,(H,21,22). The van der Waals surface area contributed by atoms with Crippen LogP contribution in [0.3, 0.4) is 0 Å². The van der Waals surface area contributed by atoms with E-state index in [1.165, 1.54) is 12.8 Å². The molecule has 3 atom stereocenters. The van der Waals surface area contributed by atoms with Crippen LogP contribution in [0.4, 0.5) is 18.9 Å². The van der Waals surface area contributed by atoms with Gasteiger partial charge in [-0.25, -0.2) is 13.2 Å². The molecule has 2 bridgehead atoms. The number of amides is 1. The van der Waals surface area contributed by atoms with Gasteiger partial charge in [0.1, 0.15) is 0 Å². The number of ether oxygens (including phenoxy) is 1. The fraction of sp³-hybridized carbons (Fsp3) is 0.529. The van der Waals surface area contributed by atoms with Crippen LogP contribution in [0, 0.1) is 35.2 Å². The molecule has 0 aliphatic heterocycles. The Hall–Kier alpha value is -2.05. The van der Waals surface area contributed by atoms with Crippen molar-refractivity contribution in [2.45, 2.75) is 32.1 Å². The lowest BCUT2D eigenvalue weighted by Crippen LogP contribution is -2.23. The molecule has 0 radical (unpaired) electrons. The number of carbonyl (C=O) groups is 2. The molecule has 2 aliphatic carbocycles. The number of nitrogens with one attached hydrogen (secondary N) is 1. The summed E-state index contributed by atoms with van der Waals surface area (Å²) in [5, 5.41) is 2.06. The molecule has 2 fully saturated rings. The number of benzene rings is 1. The van der Waals surface area contributed by atoms with E-state index in [-0.39, 0.29) is 6.42 Å². The molecule has 4 nitrogen and oxygen atoms in total. The quantitative estimate of drug-likeness (QED) is 0.660. The third-order valence-electron chi connectivity index (χ3n) is 4.99. The van der Waals surface area contributed by atoms with Crippen molar-refractivity contribution in [3.8, 4) is 0 Å². The third-order valence-corrected chi connectivity index (χ3v) is 4.99. The average Bonchev–Trinajstić information content (AvgIpc) is 3.16. The van der Waals surface area contributed by atoms with E-state index in [9.17, 15) is 22.8 Å². The number of carbonyl (C=O) groups excluding carboxylic acids is 2. The Morgan fingerprint density at radius 3 is 2.58 bits per heavy atom. The summed E-state index contributed by atoms with van der Waals surface area (Å²) in [5.41, 5.74) is -0.497. The van der Waals surface area contributed by atoms with Gasteiger partial charge < -0.3 is 10.1 Å². The van der Waals surface area contributed by atoms with Crippen LogP contribution in [0.5, 0.6) is 0 Å². The van der Waals surface area contributed by atoms with E-state index in [0.717, 1.165) is 18.9 Å². The Labute approximate surface area is 137 Å². The summed E-state index contributed by atoms with van der Waals surface area (Å²) < 4.78 is 44.2. The Morgan fingerprint density at radius 1 is 1.12 bits per heavy atom. The highest BCUT2D eigenvalue weighted by Crippen LogP contribution is 2.49. The molecule has 0 heterocycles. The lowest BCUT2D eigenvalue weighted by Gasteiger charge is -2.20. The predicted octanol–water partition coefficient (Wildman–Crippen LogP) is 3.41. The van der Waals surface area contributed by atoms with Gasteiger partial charge in [0, 0.05) is 6.42 Å². The zero-order chi connectivity index (χ0) is 17.3. The molecule has 130 valence electrons. The lowest BCUT2D eigenvalue weighted by molar-refractivity contribution is -0.148. The van der Waals surface area contributed by atoms with Gasteiger partial charge in [0.05, 0.1) is 5.69 Å². The summed E-state index contributed by atoms with van der Waals surface area (Å²) in [5.74, 6) is -4.15. The first-order valence-corrected chi connectivity index (χ1v) is 8.03. The first-order valence-electron chi connectivity index (χ1n) is 8.03. The van der Waals surface area contributed by atoms with E-state index in [2.05, 4.69) is 5.32 Å². The monoisotopic (exact) mass is 341 g/mol. The van der Waals surface area contributed by atoms with Crippen LogP contribution in [0.15, 0.2) is 12.1 Å². The van der Waals surface area contributed by atoms with Gasteiger partial charge in [0.2, 0.25) is 0 Å². The summed E-state index contributed by atoms with van der Waals surface area (Å²) in [6.07, 6.45) is 4.88. The van der Waals surface area contributed by atoms with Gasteiger partial charge in [0.25, 0.3) is 5.91 Å². The molecule has 7 heteroatoms. The van der Waals surface area contributed by atoms with E-state index < -0.39 is 41.6 Å². The largest absolute Gasteiger partial charge is 0.456 e. The Bertz CT molecular complexity index is 665. The van der Waals surface area contributed by atoms with Crippen LogP contribution >= 0.6 is 0 Å². The molecule has 24 heavy (non-hydrogen) atoms. The maximum absolute atomic E-state index is 13.4. The Morgan fingerprint density at radius 2 is 1.92 bits per heavy atom. The molecular weight excluding hydrogens is 323 g/mol. The minimum atomic E-state index is -1.67. The molecule has 1 aromatic carbocycles. The van der Waals surface area contributed by atoms with Crippen LogP contribution in [0.25, 0.3) is 0 Å². The highest BCUT2D eigenvalue weighted by Gasteiger charge is 2.40. The van der Waals surface area contributed by atoms with Crippen molar-refractivity contribution >= 4 is 17.6 Å². The van der Waals surface area contributed by atoms with E-state index in [1.807, 2.05) is 0 Å². The maximum atomic E-state index is 13.4. The van der Waals surface area contributed by atoms with Crippen molar-refractivity contribution in [3.05, 3.63) is 29.6 Å². The van der Waals surface area contributed by atoms with Crippen molar-refractivity contribution in [2.24, 2.45) is 17.8 Å². The van der Waals surface area contributed by atoms with Crippen molar-refractivity contribution in [2.75, 3.05) is 11.9 Å². The molecule has 3 rings (SSSR count). The Kier molecular flexibility index (Phi) is 4.78. The van der Waals surface area contributed by atoms with Gasteiger partial charge in [-0.05, 0) is 49.1 Å². The summed E-state index contributed by atoms with van der Waals surface area (Å²) in [6.45, 7) is -0.585. The number of rotatable bonds is 5. The molecule has 3 unspecified atom stereocenters. The maximum Gasteiger partial charge on any atom is 0.306 e. The highest BCUT2D eigenvalue weighted by atomic mass is 19.2.